The first-order valence-corrected chi connectivity index (χ1v) is 7.26. The van der Waals surface area contributed by atoms with Crippen molar-refractivity contribution in [2.45, 2.75) is 24.3 Å². The summed E-state index contributed by atoms with van der Waals surface area (Å²) in [5, 5.41) is 16.3. The van der Waals surface area contributed by atoms with E-state index in [1.54, 1.807) is 0 Å². The van der Waals surface area contributed by atoms with Gasteiger partial charge in [-0.1, -0.05) is 25.1 Å². The zero-order chi connectivity index (χ0) is 14.6. The number of carboxylic acid groups (broad SMARTS) is 2. The van der Waals surface area contributed by atoms with Gasteiger partial charge in [-0.2, -0.15) is 0 Å². The molecule has 1 unspecified atom stereocenters. The molecule has 1 aromatic rings. The van der Waals surface area contributed by atoms with E-state index in [1.165, 1.54) is 31.2 Å². The quantitative estimate of drug-likeness (QED) is 0.812. The van der Waals surface area contributed by atoms with Gasteiger partial charge in [-0.25, -0.2) is 13.2 Å². The highest BCUT2D eigenvalue weighted by molar-refractivity contribution is 7.92. The van der Waals surface area contributed by atoms with E-state index in [9.17, 15) is 18.0 Å². The van der Waals surface area contributed by atoms with Gasteiger partial charge in [-0.05, 0) is 18.1 Å². The smallest absolute Gasteiger partial charge is 0.335 e. The molecule has 104 valence electrons. The van der Waals surface area contributed by atoms with E-state index in [4.69, 9.17) is 10.2 Å². The minimum atomic E-state index is -3.94. The largest absolute Gasteiger partial charge is 0.480 e. The first-order valence-electron chi connectivity index (χ1n) is 5.55. The molecule has 6 nitrogen and oxygen atoms in total. The molecule has 0 saturated heterocycles. The van der Waals surface area contributed by atoms with Gasteiger partial charge in [0.15, 0.2) is 15.1 Å². The van der Waals surface area contributed by atoms with E-state index in [1.807, 2.05) is 0 Å². The summed E-state index contributed by atoms with van der Waals surface area (Å²) in [6, 6.07) is 5.65. The molecule has 0 heterocycles. The van der Waals surface area contributed by atoms with Gasteiger partial charge >= 0.3 is 11.9 Å². The van der Waals surface area contributed by atoms with Crippen LogP contribution in [0, 0.1) is 0 Å². The second-order valence-electron chi connectivity index (χ2n) is 4.00. The van der Waals surface area contributed by atoms with Gasteiger partial charge in [0.1, 0.15) is 0 Å². The maximum atomic E-state index is 12.0. The molecule has 0 aliphatic carbocycles. The summed E-state index contributed by atoms with van der Waals surface area (Å²) in [5.41, 5.74) is -0.0407. The highest BCUT2D eigenvalue weighted by Crippen LogP contribution is 2.17. The number of carbonyl (C=O) groups is 2. The number of rotatable bonds is 6. The lowest BCUT2D eigenvalue weighted by Gasteiger charge is -2.12. The van der Waals surface area contributed by atoms with Crippen LogP contribution in [0.3, 0.4) is 0 Å². The van der Waals surface area contributed by atoms with Crippen LogP contribution in [0.5, 0.6) is 0 Å². The fraction of sp³-hybridized carbons (Fsp3) is 0.333. The predicted octanol–water partition coefficient (Wildman–Crippen LogP) is 1.16. The highest BCUT2D eigenvalue weighted by Gasteiger charge is 2.31. The van der Waals surface area contributed by atoms with Crippen LogP contribution in [0.2, 0.25) is 0 Å². The van der Waals surface area contributed by atoms with Gasteiger partial charge in [0, 0.05) is 0 Å². The third kappa shape index (κ3) is 3.54. The van der Waals surface area contributed by atoms with Gasteiger partial charge in [-0.15, -0.1) is 0 Å². The van der Waals surface area contributed by atoms with Crippen molar-refractivity contribution in [2.24, 2.45) is 0 Å². The second kappa shape index (κ2) is 5.83. The van der Waals surface area contributed by atoms with Crippen molar-refractivity contribution >= 4 is 21.8 Å². The summed E-state index contributed by atoms with van der Waals surface area (Å²) in [5.74, 6) is -3.26. The van der Waals surface area contributed by atoms with Crippen LogP contribution < -0.4 is 0 Å². The van der Waals surface area contributed by atoms with E-state index in [2.05, 4.69) is 0 Å². The standard InChI is InChI=1S/C12H14O6S/c1-2-10(12(15)16)19(17,18)7-8-5-3-4-6-9(8)11(13)14/h3-6,10H,2,7H2,1H3,(H,13,14)(H,15,16). The Balaban J connectivity index is 3.15. The van der Waals surface area contributed by atoms with Crippen LogP contribution >= 0.6 is 0 Å². The molecular formula is C12H14O6S. The molecule has 0 radical (unpaired) electrons. The first-order chi connectivity index (χ1) is 8.79. The monoisotopic (exact) mass is 286 g/mol. The number of aromatic carboxylic acids is 1. The fourth-order valence-electron chi connectivity index (χ4n) is 1.75. The maximum Gasteiger partial charge on any atom is 0.335 e. The molecule has 0 saturated carbocycles. The van der Waals surface area contributed by atoms with Gasteiger partial charge < -0.3 is 10.2 Å². The summed E-state index contributed by atoms with van der Waals surface area (Å²) in [6.07, 6.45) is -0.0626. The van der Waals surface area contributed by atoms with Crippen molar-refractivity contribution in [3.63, 3.8) is 0 Å². The number of hydrogen-bond donors (Lipinski definition) is 2. The Morgan fingerprint density at radius 3 is 2.26 bits per heavy atom. The molecule has 0 aliphatic rings. The molecule has 1 rings (SSSR count). The van der Waals surface area contributed by atoms with Crippen LogP contribution in [0.4, 0.5) is 0 Å². The van der Waals surface area contributed by atoms with Crippen LogP contribution in [0.25, 0.3) is 0 Å². The molecule has 1 aromatic carbocycles. The zero-order valence-corrected chi connectivity index (χ0v) is 11.1. The highest BCUT2D eigenvalue weighted by atomic mass is 32.2. The molecule has 0 amide bonds. The number of sulfone groups is 1. The molecule has 19 heavy (non-hydrogen) atoms. The van der Waals surface area contributed by atoms with Crippen LogP contribution in [0.15, 0.2) is 24.3 Å². The molecule has 1 atom stereocenters. The number of aliphatic carboxylic acids is 1. The average molecular weight is 286 g/mol. The van der Waals surface area contributed by atoms with Crippen LogP contribution in [-0.2, 0) is 20.4 Å². The van der Waals surface area contributed by atoms with Crippen LogP contribution in [-0.4, -0.2) is 35.8 Å². The van der Waals surface area contributed by atoms with Crippen LogP contribution in [0.1, 0.15) is 29.3 Å². The molecule has 0 spiro atoms. The minimum absolute atomic E-state index is 0.0626. The van der Waals surface area contributed by atoms with E-state index in [0.717, 1.165) is 0 Å². The lowest BCUT2D eigenvalue weighted by molar-refractivity contribution is -0.136. The van der Waals surface area contributed by atoms with Gasteiger partial charge in [-0.3, -0.25) is 4.79 Å². The van der Waals surface area contributed by atoms with E-state index < -0.39 is 32.8 Å². The Kier molecular flexibility index (Phi) is 4.66. The summed E-state index contributed by atoms with van der Waals surface area (Å²) >= 11 is 0. The normalized spacial score (nSPS) is 12.9. The molecule has 0 aromatic heterocycles. The molecule has 7 heteroatoms. The lowest BCUT2D eigenvalue weighted by atomic mass is 10.1. The molecule has 0 fully saturated rings. The van der Waals surface area contributed by atoms with Crippen molar-refractivity contribution in [3.8, 4) is 0 Å². The fourth-order valence-corrected chi connectivity index (χ4v) is 3.46. The minimum Gasteiger partial charge on any atom is -0.480 e. The second-order valence-corrected chi connectivity index (χ2v) is 6.19. The Labute approximate surface area is 110 Å². The van der Waals surface area contributed by atoms with Crippen molar-refractivity contribution in [2.75, 3.05) is 0 Å². The summed E-state index contributed by atoms with van der Waals surface area (Å²) in [6.45, 7) is 1.46. The molecule has 0 aliphatic heterocycles. The Bertz CT molecular complexity index is 590. The van der Waals surface area contributed by atoms with Gasteiger partial charge in [0.25, 0.3) is 0 Å². The molecular weight excluding hydrogens is 272 g/mol. The van der Waals surface area contributed by atoms with E-state index in [-0.39, 0.29) is 17.5 Å². The molecule has 0 bridgehead atoms. The molecule has 2 N–H and O–H groups in total. The Morgan fingerprint density at radius 2 is 1.79 bits per heavy atom. The van der Waals surface area contributed by atoms with E-state index >= 15 is 0 Å². The SMILES string of the molecule is CCC(C(=O)O)S(=O)(=O)Cc1ccccc1C(=O)O. The van der Waals surface area contributed by atoms with Crippen molar-refractivity contribution in [1.82, 2.24) is 0 Å². The summed E-state index contributed by atoms with van der Waals surface area (Å²) < 4.78 is 23.9. The topological polar surface area (TPSA) is 109 Å². The van der Waals surface area contributed by atoms with Crippen molar-refractivity contribution in [3.05, 3.63) is 35.4 Å². The van der Waals surface area contributed by atoms with Gasteiger partial charge in [0.2, 0.25) is 0 Å². The maximum absolute atomic E-state index is 12.0. The Morgan fingerprint density at radius 1 is 1.21 bits per heavy atom. The lowest BCUT2D eigenvalue weighted by Crippen LogP contribution is -2.30. The van der Waals surface area contributed by atoms with Crippen molar-refractivity contribution in [1.29, 1.82) is 0 Å². The number of carboxylic acids is 2. The Hall–Kier alpha value is -1.89. The van der Waals surface area contributed by atoms with Crippen molar-refractivity contribution < 1.29 is 28.2 Å². The number of hydrogen-bond acceptors (Lipinski definition) is 4. The third-order valence-electron chi connectivity index (χ3n) is 2.68. The van der Waals surface area contributed by atoms with E-state index in [0.29, 0.717) is 0 Å². The average Bonchev–Trinajstić information content (AvgIpc) is 2.28. The zero-order valence-electron chi connectivity index (χ0n) is 10.2. The third-order valence-corrected chi connectivity index (χ3v) is 4.80. The first kappa shape index (κ1) is 15.2. The van der Waals surface area contributed by atoms with Gasteiger partial charge in [0.05, 0.1) is 11.3 Å². The summed E-state index contributed by atoms with van der Waals surface area (Å²) in [7, 11) is -3.94. The summed E-state index contributed by atoms with van der Waals surface area (Å²) in [4.78, 5) is 21.9. The predicted molar refractivity (Wildman–Crippen MR) is 67.7 cm³/mol. The number of benzene rings is 1.